The number of anilines is 1. The van der Waals surface area contributed by atoms with Gasteiger partial charge in [-0.1, -0.05) is 23.2 Å². The van der Waals surface area contributed by atoms with Gasteiger partial charge in [-0.2, -0.15) is 0 Å². The van der Waals surface area contributed by atoms with Gasteiger partial charge in [0.05, 0.1) is 0 Å². The molecule has 66 valence electrons. The van der Waals surface area contributed by atoms with Gasteiger partial charge in [-0.3, -0.25) is 0 Å². The minimum atomic E-state index is 0.0725. The van der Waals surface area contributed by atoms with Crippen LogP contribution in [0.25, 0.3) is 0 Å². The first-order chi connectivity index (χ1) is 5.65. The Labute approximate surface area is 84.9 Å². The molecule has 0 atom stereocenters. The zero-order chi connectivity index (χ0) is 9.14. The highest BCUT2D eigenvalue weighted by Gasteiger charge is 2.08. The van der Waals surface area contributed by atoms with Crippen LogP contribution in [0.15, 0.2) is 0 Å². The molecule has 0 aliphatic rings. The SMILES string of the molecule is Nc1nc(Cl)c(CCCl)c(Cl)n1. The monoisotopic (exact) mass is 225 g/mol. The molecule has 6 heteroatoms. The van der Waals surface area contributed by atoms with Gasteiger partial charge in [0.15, 0.2) is 0 Å². The van der Waals surface area contributed by atoms with Crippen molar-refractivity contribution in [2.45, 2.75) is 6.42 Å². The van der Waals surface area contributed by atoms with E-state index < -0.39 is 0 Å². The van der Waals surface area contributed by atoms with Gasteiger partial charge in [0.2, 0.25) is 5.95 Å². The molecule has 0 spiro atoms. The lowest BCUT2D eigenvalue weighted by atomic mass is 10.3. The zero-order valence-corrected chi connectivity index (χ0v) is 8.29. The van der Waals surface area contributed by atoms with Crippen molar-refractivity contribution in [3.63, 3.8) is 0 Å². The van der Waals surface area contributed by atoms with Crippen LogP contribution in [-0.4, -0.2) is 15.8 Å². The summed E-state index contributed by atoms with van der Waals surface area (Å²) in [6.07, 6.45) is 0.541. The molecular weight excluding hydrogens is 220 g/mol. The van der Waals surface area contributed by atoms with Crippen LogP contribution in [0.4, 0.5) is 5.95 Å². The number of hydrogen-bond donors (Lipinski definition) is 1. The largest absolute Gasteiger partial charge is 0.368 e. The Bertz CT molecular complexity index is 266. The van der Waals surface area contributed by atoms with Gasteiger partial charge in [-0.05, 0) is 6.42 Å². The maximum atomic E-state index is 5.74. The van der Waals surface area contributed by atoms with Crippen LogP contribution < -0.4 is 5.73 Å². The van der Waals surface area contributed by atoms with Crippen molar-refractivity contribution in [1.29, 1.82) is 0 Å². The predicted octanol–water partition coefficient (Wildman–Crippen LogP) is 2.15. The molecule has 1 rings (SSSR count). The highest BCUT2D eigenvalue weighted by atomic mass is 35.5. The summed E-state index contributed by atoms with van der Waals surface area (Å²) >= 11 is 17.0. The van der Waals surface area contributed by atoms with Gasteiger partial charge >= 0.3 is 0 Å². The zero-order valence-electron chi connectivity index (χ0n) is 6.02. The summed E-state index contributed by atoms with van der Waals surface area (Å²) in [6.45, 7) is 0. The van der Waals surface area contributed by atoms with Crippen molar-refractivity contribution in [3.05, 3.63) is 15.9 Å². The Kier molecular flexibility index (Phi) is 3.38. The summed E-state index contributed by atoms with van der Waals surface area (Å²) in [5.41, 5.74) is 5.94. The minimum Gasteiger partial charge on any atom is -0.368 e. The number of nitrogens with zero attached hydrogens (tertiary/aromatic N) is 2. The molecule has 0 aromatic carbocycles. The van der Waals surface area contributed by atoms with E-state index in [1.54, 1.807) is 0 Å². The molecule has 1 aromatic heterocycles. The fourth-order valence-corrected chi connectivity index (χ4v) is 1.53. The van der Waals surface area contributed by atoms with E-state index >= 15 is 0 Å². The fraction of sp³-hybridized carbons (Fsp3) is 0.333. The molecule has 0 radical (unpaired) electrons. The molecule has 0 aliphatic carbocycles. The van der Waals surface area contributed by atoms with Crippen LogP contribution in [0.3, 0.4) is 0 Å². The normalized spacial score (nSPS) is 10.2. The van der Waals surface area contributed by atoms with E-state index in [-0.39, 0.29) is 16.3 Å². The van der Waals surface area contributed by atoms with E-state index in [9.17, 15) is 0 Å². The highest BCUT2D eigenvalue weighted by Crippen LogP contribution is 2.22. The number of halogens is 3. The van der Waals surface area contributed by atoms with Gasteiger partial charge in [0.1, 0.15) is 10.3 Å². The molecule has 1 heterocycles. The van der Waals surface area contributed by atoms with Crippen molar-refractivity contribution in [2.24, 2.45) is 0 Å². The van der Waals surface area contributed by atoms with E-state index in [0.717, 1.165) is 0 Å². The first-order valence-electron chi connectivity index (χ1n) is 3.18. The third kappa shape index (κ3) is 2.12. The number of rotatable bonds is 2. The van der Waals surface area contributed by atoms with Gasteiger partial charge in [0, 0.05) is 11.4 Å². The topological polar surface area (TPSA) is 51.8 Å². The lowest BCUT2D eigenvalue weighted by Crippen LogP contribution is -2.00. The van der Waals surface area contributed by atoms with Crippen LogP contribution >= 0.6 is 34.8 Å². The van der Waals surface area contributed by atoms with Crippen LogP contribution in [0, 0.1) is 0 Å². The lowest BCUT2D eigenvalue weighted by molar-refractivity contribution is 1.06. The Hall–Kier alpha value is -0.250. The number of hydrogen-bond acceptors (Lipinski definition) is 3. The molecule has 0 amide bonds. The first kappa shape index (κ1) is 9.84. The molecule has 0 fully saturated rings. The quantitative estimate of drug-likeness (QED) is 0.621. The second-order valence-electron chi connectivity index (χ2n) is 2.08. The van der Waals surface area contributed by atoms with Gasteiger partial charge < -0.3 is 5.73 Å². The van der Waals surface area contributed by atoms with Gasteiger partial charge in [-0.15, -0.1) is 11.6 Å². The molecule has 2 N–H and O–H groups in total. The molecule has 3 nitrogen and oxygen atoms in total. The summed E-state index contributed by atoms with van der Waals surface area (Å²) in [5, 5.41) is 0.543. The standard InChI is InChI=1S/C6H6Cl3N3/c7-2-1-3-4(8)11-6(10)12-5(3)9/h1-2H2,(H2,10,11,12). The summed E-state index contributed by atoms with van der Waals surface area (Å²) < 4.78 is 0. The van der Waals surface area contributed by atoms with Gasteiger partial charge in [0.25, 0.3) is 0 Å². The number of aromatic nitrogens is 2. The smallest absolute Gasteiger partial charge is 0.222 e. The molecule has 0 unspecified atom stereocenters. The first-order valence-corrected chi connectivity index (χ1v) is 4.47. The Balaban J connectivity index is 3.10. The minimum absolute atomic E-state index is 0.0725. The average molecular weight is 226 g/mol. The van der Waals surface area contributed by atoms with Gasteiger partial charge in [-0.25, -0.2) is 9.97 Å². The maximum Gasteiger partial charge on any atom is 0.222 e. The lowest BCUT2D eigenvalue weighted by Gasteiger charge is -2.03. The van der Waals surface area contributed by atoms with Crippen LogP contribution in [0.2, 0.25) is 10.3 Å². The number of alkyl halides is 1. The summed E-state index contributed by atoms with van der Waals surface area (Å²) in [7, 11) is 0. The molecule has 0 saturated heterocycles. The maximum absolute atomic E-state index is 5.74. The molecular formula is C6H6Cl3N3. The van der Waals surface area contributed by atoms with Crippen LogP contribution in [0.1, 0.15) is 5.56 Å². The van der Waals surface area contributed by atoms with E-state index in [0.29, 0.717) is 17.9 Å². The summed E-state index contributed by atoms with van der Waals surface area (Å²) in [5.74, 6) is 0.496. The Morgan fingerprint density at radius 1 is 1.17 bits per heavy atom. The molecule has 0 saturated carbocycles. The summed E-state index contributed by atoms with van der Waals surface area (Å²) in [6, 6.07) is 0. The third-order valence-electron chi connectivity index (χ3n) is 1.27. The van der Waals surface area contributed by atoms with E-state index in [1.165, 1.54) is 0 Å². The fourth-order valence-electron chi connectivity index (χ4n) is 0.747. The molecule has 0 aliphatic heterocycles. The number of nitrogen functional groups attached to an aromatic ring is 1. The van der Waals surface area contributed by atoms with Crippen LogP contribution in [-0.2, 0) is 6.42 Å². The van der Waals surface area contributed by atoms with Crippen molar-refractivity contribution in [3.8, 4) is 0 Å². The van der Waals surface area contributed by atoms with Crippen molar-refractivity contribution < 1.29 is 0 Å². The predicted molar refractivity (Wildman–Crippen MR) is 50.9 cm³/mol. The van der Waals surface area contributed by atoms with Crippen molar-refractivity contribution in [1.82, 2.24) is 9.97 Å². The Morgan fingerprint density at radius 3 is 2.08 bits per heavy atom. The third-order valence-corrected chi connectivity index (χ3v) is 2.08. The van der Waals surface area contributed by atoms with Crippen molar-refractivity contribution >= 4 is 40.8 Å². The van der Waals surface area contributed by atoms with Crippen LogP contribution in [0.5, 0.6) is 0 Å². The van der Waals surface area contributed by atoms with E-state index in [4.69, 9.17) is 40.5 Å². The summed E-state index contributed by atoms with van der Waals surface area (Å²) in [4.78, 5) is 7.48. The van der Waals surface area contributed by atoms with E-state index in [1.807, 2.05) is 0 Å². The molecule has 12 heavy (non-hydrogen) atoms. The Morgan fingerprint density at radius 2 is 1.67 bits per heavy atom. The highest BCUT2D eigenvalue weighted by molar-refractivity contribution is 6.34. The van der Waals surface area contributed by atoms with E-state index in [2.05, 4.69) is 9.97 Å². The number of nitrogens with two attached hydrogens (primary N) is 1. The average Bonchev–Trinajstić information content (AvgIpc) is 1.96. The molecule has 0 bridgehead atoms. The second kappa shape index (κ2) is 4.12. The molecule has 1 aromatic rings. The second-order valence-corrected chi connectivity index (χ2v) is 3.17. The van der Waals surface area contributed by atoms with Crippen molar-refractivity contribution in [2.75, 3.05) is 11.6 Å².